The highest BCUT2D eigenvalue weighted by molar-refractivity contribution is 7.85. The summed E-state index contributed by atoms with van der Waals surface area (Å²) < 4.78 is 11.3. The van der Waals surface area contributed by atoms with Gasteiger partial charge in [0.1, 0.15) is 0 Å². The van der Waals surface area contributed by atoms with Crippen molar-refractivity contribution in [3.63, 3.8) is 0 Å². The van der Waals surface area contributed by atoms with Crippen LogP contribution >= 0.6 is 0 Å². The van der Waals surface area contributed by atoms with E-state index in [9.17, 15) is 4.21 Å². The van der Waals surface area contributed by atoms with Crippen molar-refractivity contribution in [2.24, 2.45) is 0 Å². The highest BCUT2D eigenvalue weighted by atomic mass is 32.2. The average Bonchev–Trinajstić information content (AvgIpc) is 2.96. The largest absolute Gasteiger partial charge is 0.382 e. The second kappa shape index (κ2) is 6.72. The Morgan fingerprint density at radius 2 is 1.75 bits per heavy atom. The van der Waals surface area contributed by atoms with Gasteiger partial charge >= 0.3 is 0 Å². The number of benzene rings is 1. The van der Waals surface area contributed by atoms with Crippen LogP contribution < -0.4 is 5.32 Å². The van der Waals surface area contributed by atoms with Crippen molar-refractivity contribution in [3.05, 3.63) is 29.8 Å². The van der Waals surface area contributed by atoms with Crippen molar-refractivity contribution in [2.45, 2.75) is 38.3 Å². The van der Waals surface area contributed by atoms with E-state index >= 15 is 0 Å². The second-order valence-electron chi connectivity index (χ2n) is 5.95. The van der Waals surface area contributed by atoms with Crippen molar-refractivity contribution >= 4 is 16.5 Å². The van der Waals surface area contributed by atoms with Gasteiger partial charge in [0.05, 0.1) is 0 Å². The summed E-state index contributed by atoms with van der Waals surface area (Å²) in [4.78, 5) is 2.53. The van der Waals surface area contributed by atoms with Gasteiger partial charge in [-0.25, -0.2) is 0 Å². The van der Waals surface area contributed by atoms with E-state index in [1.54, 1.807) is 0 Å². The molecule has 1 aromatic rings. The molecule has 0 unspecified atom stereocenters. The normalized spacial score (nSPS) is 27.6. The SMILES string of the molecule is O=S1CCC(Nc2ccc(CN3CCCC3)cc2)CC1. The maximum atomic E-state index is 11.3. The molecule has 3 rings (SSSR count). The standard InChI is InChI=1S/C16H24N2OS/c19-20-11-7-16(8-12-20)17-15-5-3-14(4-6-15)13-18-9-1-2-10-18/h3-6,16-17H,1-2,7-13H2. The molecule has 1 aromatic carbocycles. The van der Waals surface area contributed by atoms with Crippen LogP contribution in [0, 0.1) is 0 Å². The van der Waals surface area contributed by atoms with Crippen LogP contribution in [0.25, 0.3) is 0 Å². The molecule has 3 nitrogen and oxygen atoms in total. The maximum Gasteiger partial charge on any atom is 0.0342 e. The van der Waals surface area contributed by atoms with E-state index in [1.165, 1.54) is 37.2 Å². The third kappa shape index (κ3) is 3.83. The van der Waals surface area contributed by atoms with Gasteiger partial charge in [-0.1, -0.05) is 12.1 Å². The second-order valence-corrected chi connectivity index (χ2v) is 7.64. The first-order chi connectivity index (χ1) is 9.79. The summed E-state index contributed by atoms with van der Waals surface area (Å²) in [6.45, 7) is 3.58. The fourth-order valence-corrected chi connectivity index (χ4v) is 4.38. The predicted octanol–water partition coefficient (Wildman–Crippen LogP) is 2.61. The Kier molecular flexibility index (Phi) is 4.73. The number of hydrogen-bond acceptors (Lipinski definition) is 3. The van der Waals surface area contributed by atoms with E-state index in [4.69, 9.17) is 0 Å². The van der Waals surface area contributed by atoms with Gasteiger partial charge in [0.25, 0.3) is 0 Å². The molecule has 2 aliphatic heterocycles. The summed E-state index contributed by atoms with van der Waals surface area (Å²) in [6.07, 6.45) is 4.76. The fourth-order valence-electron chi connectivity index (χ4n) is 3.08. The molecular formula is C16H24N2OS. The first kappa shape index (κ1) is 14.1. The van der Waals surface area contributed by atoms with Crippen molar-refractivity contribution in [3.8, 4) is 0 Å². The summed E-state index contributed by atoms with van der Waals surface area (Å²) in [7, 11) is -0.571. The van der Waals surface area contributed by atoms with Crippen LogP contribution in [-0.4, -0.2) is 39.7 Å². The number of likely N-dealkylation sites (tertiary alicyclic amines) is 1. The molecule has 2 fully saturated rings. The monoisotopic (exact) mass is 292 g/mol. The van der Waals surface area contributed by atoms with Crippen molar-refractivity contribution in [1.29, 1.82) is 0 Å². The number of nitrogens with one attached hydrogen (secondary N) is 1. The average molecular weight is 292 g/mol. The third-order valence-electron chi connectivity index (χ3n) is 4.32. The summed E-state index contributed by atoms with van der Waals surface area (Å²) in [5.74, 6) is 1.70. The Hall–Kier alpha value is -0.870. The van der Waals surface area contributed by atoms with E-state index in [0.717, 1.165) is 30.9 Å². The van der Waals surface area contributed by atoms with Crippen LogP contribution in [0.15, 0.2) is 24.3 Å². The first-order valence-electron chi connectivity index (χ1n) is 7.72. The predicted molar refractivity (Wildman–Crippen MR) is 85.5 cm³/mol. The van der Waals surface area contributed by atoms with Crippen molar-refractivity contribution in [2.75, 3.05) is 29.9 Å². The van der Waals surface area contributed by atoms with Crippen LogP contribution in [0.1, 0.15) is 31.2 Å². The van der Waals surface area contributed by atoms with Crippen LogP contribution in [0.2, 0.25) is 0 Å². The lowest BCUT2D eigenvalue weighted by molar-refractivity contribution is 0.331. The summed E-state index contributed by atoms with van der Waals surface area (Å²) >= 11 is 0. The molecule has 110 valence electrons. The van der Waals surface area contributed by atoms with E-state index < -0.39 is 10.8 Å². The maximum absolute atomic E-state index is 11.3. The lowest BCUT2D eigenvalue weighted by Crippen LogP contribution is -2.29. The van der Waals surface area contributed by atoms with E-state index in [1.807, 2.05) is 0 Å². The van der Waals surface area contributed by atoms with E-state index in [0.29, 0.717) is 6.04 Å². The summed E-state index contributed by atoms with van der Waals surface area (Å²) in [6, 6.07) is 9.36. The molecule has 20 heavy (non-hydrogen) atoms. The van der Waals surface area contributed by atoms with Crippen LogP contribution in [0.3, 0.4) is 0 Å². The topological polar surface area (TPSA) is 32.3 Å². The molecule has 0 aromatic heterocycles. The lowest BCUT2D eigenvalue weighted by atomic mass is 10.1. The van der Waals surface area contributed by atoms with Gasteiger partial charge in [0, 0.05) is 40.6 Å². The Morgan fingerprint density at radius 3 is 2.40 bits per heavy atom. The summed E-state index contributed by atoms with van der Waals surface area (Å²) in [5.41, 5.74) is 2.61. The molecule has 2 aliphatic rings. The van der Waals surface area contributed by atoms with Crippen molar-refractivity contribution < 1.29 is 4.21 Å². The number of hydrogen-bond donors (Lipinski definition) is 1. The van der Waals surface area contributed by atoms with Gasteiger partial charge in [-0.3, -0.25) is 9.11 Å². The van der Waals surface area contributed by atoms with Gasteiger partial charge in [0.15, 0.2) is 0 Å². The molecule has 2 heterocycles. The zero-order valence-corrected chi connectivity index (χ0v) is 12.8. The van der Waals surface area contributed by atoms with Gasteiger partial charge in [0.2, 0.25) is 0 Å². The molecule has 0 amide bonds. The van der Waals surface area contributed by atoms with E-state index in [2.05, 4.69) is 34.5 Å². The highest BCUT2D eigenvalue weighted by Gasteiger charge is 2.17. The Bertz CT molecular complexity index is 444. The fraction of sp³-hybridized carbons (Fsp3) is 0.625. The molecule has 4 heteroatoms. The molecule has 1 N–H and O–H groups in total. The molecule has 0 bridgehead atoms. The Labute approximate surface area is 124 Å². The number of nitrogens with zero attached hydrogens (tertiary/aromatic N) is 1. The van der Waals surface area contributed by atoms with Gasteiger partial charge in [-0.15, -0.1) is 0 Å². The number of rotatable bonds is 4. The minimum absolute atomic E-state index is 0.497. The third-order valence-corrected chi connectivity index (χ3v) is 5.70. The smallest absolute Gasteiger partial charge is 0.0342 e. The zero-order valence-electron chi connectivity index (χ0n) is 12.0. The summed E-state index contributed by atoms with van der Waals surface area (Å²) in [5, 5.41) is 3.57. The highest BCUT2D eigenvalue weighted by Crippen LogP contribution is 2.18. The molecule has 0 atom stereocenters. The van der Waals surface area contributed by atoms with E-state index in [-0.39, 0.29) is 0 Å². The minimum atomic E-state index is -0.571. The molecule has 2 saturated heterocycles. The Morgan fingerprint density at radius 1 is 1.10 bits per heavy atom. The van der Waals surface area contributed by atoms with Crippen LogP contribution in [0.4, 0.5) is 5.69 Å². The zero-order chi connectivity index (χ0) is 13.8. The molecule has 0 aliphatic carbocycles. The molecule has 0 saturated carbocycles. The van der Waals surface area contributed by atoms with Crippen LogP contribution in [-0.2, 0) is 17.3 Å². The first-order valence-corrected chi connectivity index (χ1v) is 9.21. The number of anilines is 1. The minimum Gasteiger partial charge on any atom is -0.382 e. The van der Waals surface area contributed by atoms with Crippen LogP contribution in [0.5, 0.6) is 0 Å². The van der Waals surface area contributed by atoms with Gasteiger partial charge in [-0.05, 0) is 56.5 Å². The molecular weight excluding hydrogens is 268 g/mol. The van der Waals surface area contributed by atoms with Gasteiger partial charge < -0.3 is 5.32 Å². The Balaban J connectivity index is 1.51. The lowest BCUT2D eigenvalue weighted by Gasteiger charge is -2.23. The van der Waals surface area contributed by atoms with Crippen molar-refractivity contribution in [1.82, 2.24) is 4.90 Å². The molecule has 0 radical (unpaired) electrons. The molecule has 0 spiro atoms. The van der Waals surface area contributed by atoms with Gasteiger partial charge in [-0.2, -0.15) is 0 Å². The quantitative estimate of drug-likeness (QED) is 0.926.